The van der Waals surface area contributed by atoms with Gasteiger partial charge in [-0.05, 0) is 36.3 Å². The Morgan fingerprint density at radius 2 is 1.86 bits per heavy atom. The van der Waals surface area contributed by atoms with Crippen LogP contribution in [0.5, 0.6) is 0 Å². The van der Waals surface area contributed by atoms with E-state index in [4.69, 9.17) is 0 Å². The van der Waals surface area contributed by atoms with Crippen molar-refractivity contribution in [2.24, 2.45) is 17.3 Å². The van der Waals surface area contributed by atoms with E-state index in [-0.39, 0.29) is 5.92 Å². The molecule has 0 spiro atoms. The largest absolute Gasteiger partial charge is 0.197 e. The Morgan fingerprint density at radius 1 is 1.19 bits per heavy atom. The molecule has 104 valence electrons. The van der Waals surface area contributed by atoms with Crippen LogP contribution in [-0.2, 0) is 0 Å². The van der Waals surface area contributed by atoms with E-state index in [1.54, 1.807) is 0 Å². The monoisotopic (exact) mass is 274 g/mol. The Balaban J connectivity index is 2.15. The van der Waals surface area contributed by atoms with E-state index in [2.05, 4.69) is 30.9 Å². The smallest absolute Gasteiger partial charge is 0.154 e. The normalized spacial score (nSPS) is 23.4. The fourth-order valence-electron chi connectivity index (χ4n) is 3.68. The van der Waals surface area contributed by atoms with E-state index < -0.39 is 5.41 Å². The molecule has 0 heterocycles. The highest BCUT2D eigenvalue weighted by Gasteiger charge is 2.54. The topological polar surface area (TPSA) is 47.6 Å². The molecule has 0 amide bonds. The summed E-state index contributed by atoms with van der Waals surface area (Å²) in [6.45, 7) is 3.84. The molecule has 2 nitrogen and oxygen atoms in total. The minimum Gasteiger partial charge on any atom is -0.197 e. The van der Waals surface area contributed by atoms with E-state index >= 15 is 0 Å². The van der Waals surface area contributed by atoms with Crippen molar-refractivity contribution in [3.8, 4) is 12.1 Å². The average Bonchev–Trinajstić information content (AvgIpc) is 3.31. The maximum atomic E-state index is 9.69. The zero-order chi connectivity index (χ0) is 14.9. The van der Waals surface area contributed by atoms with Crippen molar-refractivity contribution in [3.63, 3.8) is 0 Å². The quantitative estimate of drug-likeness (QED) is 0.760. The predicted molar refractivity (Wildman–Crippen MR) is 82.7 cm³/mol. The molecular formula is C19H18N2. The number of hydrogen-bond donors (Lipinski definition) is 0. The van der Waals surface area contributed by atoms with Gasteiger partial charge in [-0.2, -0.15) is 10.5 Å². The number of nitriles is 2. The lowest BCUT2D eigenvalue weighted by atomic mass is 9.73. The molecule has 1 fully saturated rings. The van der Waals surface area contributed by atoms with Gasteiger partial charge >= 0.3 is 0 Å². The van der Waals surface area contributed by atoms with Gasteiger partial charge in [-0.1, -0.05) is 42.0 Å². The summed E-state index contributed by atoms with van der Waals surface area (Å²) in [5, 5.41) is 19.4. The zero-order valence-electron chi connectivity index (χ0n) is 12.0. The number of hydrogen-bond acceptors (Lipinski definition) is 2. The van der Waals surface area contributed by atoms with Crippen molar-refractivity contribution >= 4 is 5.57 Å². The fraction of sp³-hybridized carbons (Fsp3) is 0.368. The standard InChI is InChI=1S/C19H18N2/c1-2-6-16-11-19(12-20,13-21)18(15-9-10-15)17(16)14-7-4-3-5-8-14/h2-5,7-8,15,18H,1,6,9-11H2. The van der Waals surface area contributed by atoms with Crippen LogP contribution >= 0.6 is 0 Å². The molecule has 0 aromatic heterocycles. The Hall–Kier alpha value is -2.32. The molecular weight excluding hydrogens is 256 g/mol. The van der Waals surface area contributed by atoms with Crippen molar-refractivity contribution in [1.82, 2.24) is 0 Å². The molecule has 0 N–H and O–H groups in total. The van der Waals surface area contributed by atoms with Gasteiger partial charge < -0.3 is 0 Å². The van der Waals surface area contributed by atoms with Gasteiger partial charge in [0.25, 0.3) is 0 Å². The molecule has 1 saturated carbocycles. The summed E-state index contributed by atoms with van der Waals surface area (Å²) < 4.78 is 0. The minimum absolute atomic E-state index is 0.0600. The highest BCUT2D eigenvalue weighted by atomic mass is 14.6. The van der Waals surface area contributed by atoms with Gasteiger partial charge in [-0.3, -0.25) is 0 Å². The summed E-state index contributed by atoms with van der Waals surface area (Å²) in [6.07, 6.45) is 5.48. The zero-order valence-corrected chi connectivity index (χ0v) is 12.0. The highest BCUT2D eigenvalue weighted by molar-refractivity contribution is 5.76. The van der Waals surface area contributed by atoms with Crippen LogP contribution < -0.4 is 0 Å². The molecule has 2 aliphatic rings. The lowest BCUT2D eigenvalue weighted by Crippen LogP contribution is -2.25. The number of nitrogens with zero attached hydrogens (tertiary/aromatic N) is 2. The summed E-state index contributed by atoms with van der Waals surface area (Å²) in [5.41, 5.74) is 2.74. The first-order chi connectivity index (χ1) is 10.3. The number of allylic oxidation sites excluding steroid dienone is 3. The van der Waals surface area contributed by atoms with Gasteiger partial charge in [0.15, 0.2) is 5.41 Å². The van der Waals surface area contributed by atoms with E-state index in [9.17, 15) is 10.5 Å². The van der Waals surface area contributed by atoms with Crippen LogP contribution in [0.25, 0.3) is 5.57 Å². The third-order valence-electron chi connectivity index (χ3n) is 4.68. The van der Waals surface area contributed by atoms with Crippen molar-refractivity contribution in [1.29, 1.82) is 10.5 Å². The average molecular weight is 274 g/mol. The first-order valence-corrected chi connectivity index (χ1v) is 7.46. The van der Waals surface area contributed by atoms with Crippen molar-refractivity contribution in [3.05, 3.63) is 54.1 Å². The SMILES string of the molecule is C=CCC1=C(c2ccccc2)C(C2CC2)C(C#N)(C#N)C1. The van der Waals surface area contributed by atoms with E-state index in [0.29, 0.717) is 12.3 Å². The minimum atomic E-state index is -0.884. The number of benzene rings is 1. The molecule has 0 radical (unpaired) electrons. The van der Waals surface area contributed by atoms with Crippen LogP contribution in [0.1, 0.15) is 31.2 Å². The van der Waals surface area contributed by atoms with E-state index in [1.807, 2.05) is 24.3 Å². The maximum absolute atomic E-state index is 9.69. The second-order valence-corrected chi connectivity index (χ2v) is 6.06. The molecule has 3 rings (SSSR count). The molecule has 1 aromatic carbocycles. The van der Waals surface area contributed by atoms with Gasteiger partial charge in [0.2, 0.25) is 0 Å². The van der Waals surface area contributed by atoms with Crippen molar-refractivity contribution in [2.75, 3.05) is 0 Å². The summed E-state index contributed by atoms with van der Waals surface area (Å²) in [7, 11) is 0. The fourth-order valence-corrected chi connectivity index (χ4v) is 3.68. The summed E-state index contributed by atoms with van der Waals surface area (Å²) in [5.74, 6) is 0.548. The Labute approximate surface area is 126 Å². The van der Waals surface area contributed by atoms with Gasteiger partial charge in [0, 0.05) is 12.3 Å². The van der Waals surface area contributed by atoms with Crippen LogP contribution in [0.3, 0.4) is 0 Å². The summed E-state index contributed by atoms with van der Waals surface area (Å²) in [6, 6.07) is 14.9. The first kappa shape index (κ1) is 13.7. The molecule has 21 heavy (non-hydrogen) atoms. The summed E-state index contributed by atoms with van der Waals surface area (Å²) in [4.78, 5) is 0. The Kier molecular flexibility index (Phi) is 3.40. The van der Waals surface area contributed by atoms with Crippen LogP contribution in [0.4, 0.5) is 0 Å². The lowest BCUT2D eigenvalue weighted by molar-refractivity contribution is 0.376. The third-order valence-corrected chi connectivity index (χ3v) is 4.68. The van der Waals surface area contributed by atoms with Crippen molar-refractivity contribution < 1.29 is 0 Å². The molecule has 1 aromatic rings. The van der Waals surface area contributed by atoms with Crippen LogP contribution in [0, 0.1) is 39.9 Å². The van der Waals surface area contributed by atoms with Gasteiger partial charge in [0.1, 0.15) is 0 Å². The van der Waals surface area contributed by atoms with E-state index in [0.717, 1.165) is 19.3 Å². The molecule has 0 saturated heterocycles. The van der Waals surface area contributed by atoms with Crippen LogP contribution in [-0.4, -0.2) is 0 Å². The third kappa shape index (κ3) is 2.18. The van der Waals surface area contributed by atoms with Gasteiger partial charge in [-0.15, -0.1) is 6.58 Å². The summed E-state index contributed by atoms with van der Waals surface area (Å²) >= 11 is 0. The van der Waals surface area contributed by atoms with Crippen molar-refractivity contribution in [2.45, 2.75) is 25.7 Å². The Bertz CT molecular complexity index is 652. The van der Waals surface area contributed by atoms with E-state index in [1.165, 1.54) is 16.7 Å². The Morgan fingerprint density at radius 3 is 2.38 bits per heavy atom. The van der Waals surface area contributed by atoms with Gasteiger partial charge in [-0.25, -0.2) is 0 Å². The number of rotatable bonds is 4. The molecule has 2 aliphatic carbocycles. The predicted octanol–water partition coefficient (Wildman–Crippen LogP) is 4.48. The van der Waals surface area contributed by atoms with Crippen LogP contribution in [0.15, 0.2) is 48.6 Å². The first-order valence-electron chi connectivity index (χ1n) is 7.46. The molecule has 0 bridgehead atoms. The second-order valence-electron chi connectivity index (χ2n) is 6.06. The molecule has 1 atom stereocenters. The highest BCUT2D eigenvalue weighted by Crippen LogP contribution is 2.59. The maximum Gasteiger partial charge on any atom is 0.154 e. The molecule has 2 heteroatoms. The van der Waals surface area contributed by atoms with Crippen LogP contribution in [0.2, 0.25) is 0 Å². The molecule has 1 unspecified atom stereocenters. The second kappa shape index (κ2) is 5.23. The van der Waals surface area contributed by atoms with Gasteiger partial charge in [0.05, 0.1) is 12.1 Å². The molecule has 0 aliphatic heterocycles. The lowest BCUT2D eigenvalue weighted by Gasteiger charge is -2.24.